The summed E-state index contributed by atoms with van der Waals surface area (Å²) < 4.78 is 39.1. The van der Waals surface area contributed by atoms with Gasteiger partial charge in [0.05, 0.1) is 0 Å². The Balaban J connectivity index is 2.39. The van der Waals surface area contributed by atoms with Gasteiger partial charge in [0.1, 0.15) is 11.6 Å². The molecular formula is C12H11BrF3N5. The van der Waals surface area contributed by atoms with Gasteiger partial charge >= 0.3 is 6.18 Å². The molecule has 4 N–H and O–H groups in total. The van der Waals surface area contributed by atoms with Crippen LogP contribution < -0.4 is 16.6 Å². The Morgan fingerprint density at radius 1 is 1.14 bits per heavy atom. The van der Waals surface area contributed by atoms with Crippen molar-refractivity contribution in [3.8, 4) is 0 Å². The fraction of sp³-hybridized carbons (Fsp3) is 0.167. The number of benzene rings is 1. The maximum Gasteiger partial charge on any atom is 0.451 e. The predicted molar refractivity (Wildman–Crippen MR) is 77.0 cm³/mol. The van der Waals surface area contributed by atoms with Gasteiger partial charge in [-0.1, -0.05) is 15.9 Å². The number of nitrogens with zero attached hydrogens (tertiary/aromatic N) is 2. The molecule has 5 nitrogen and oxygen atoms in total. The lowest BCUT2D eigenvalue weighted by atomic mass is 10.2. The number of alkyl halides is 3. The van der Waals surface area contributed by atoms with Crippen LogP contribution in [0.15, 0.2) is 28.7 Å². The number of halogens is 4. The number of hydrazine groups is 1. The summed E-state index contributed by atoms with van der Waals surface area (Å²) in [6.07, 6.45) is -4.65. The highest BCUT2D eigenvalue weighted by Gasteiger charge is 2.35. The van der Waals surface area contributed by atoms with Crippen LogP contribution in [0, 0.1) is 6.92 Å². The van der Waals surface area contributed by atoms with Crippen molar-refractivity contribution in [3.63, 3.8) is 0 Å². The van der Waals surface area contributed by atoms with E-state index in [1.807, 2.05) is 13.0 Å². The van der Waals surface area contributed by atoms with Gasteiger partial charge in [0.2, 0.25) is 5.82 Å². The second-order valence-electron chi connectivity index (χ2n) is 4.19. The number of nitrogens with one attached hydrogen (secondary N) is 2. The molecule has 0 aliphatic rings. The topological polar surface area (TPSA) is 75.9 Å². The molecule has 0 unspecified atom stereocenters. The maximum absolute atomic E-state index is 12.7. The van der Waals surface area contributed by atoms with Gasteiger partial charge in [0.25, 0.3) is 0 Å². The van der Waals surface area contributed by atoms with E-state index in [0.717, 1.165) is 10.0 Å². The third-order valence-corrected chi connectivity index (χ3v) is 3.07. The van der Waals surface area contributed by atoms with Gasteiger partial charge in [-0.3, -0.25) is 0 Å². The van der Waals surface area contributed by atoms with Crippen molar-refractivity contribution < 1.29 is 13.2 Å². The Kier molecular flexibility index (Phi) is 4.33. The minimum atomic E-state index is -4.65. The summed E-state index contributed by atoms with van der Waals surface area (Å²) in [6, 6.07) is 6.61. The molecular weight excluding hydrogens is 351 g/mol. The number of rotatable bonds is 3. The smallest absolute Gasteiger partial charge is 0.340 e. The maximum atomic E-state index is 12.7. The summed E-state index contributed by atoms with van der Waals surface area (Å²) in [5.74, 6) is 3.73. The SMILES string of the molecule is Cc1cc(Br)ccc1Nc1cc(NN)nc(C(F)(F)F)n1. The number of hydrogen-bond donors (Lipinski definition) is 3. The predicted octanol–water partition coefficient (Wildman–Crippen LogP) is 3.60. The first-order chi connectivity index (χ1) is 9.79. The molecule has 9 heteroatoms. The molecule has 0 aliphatic heterocycles. The van der Waals surface area contributed by atoms with Gasteiger partial charge in [-0.25, -0.2) is 15.8 Å². The molecule has 0 spiro atoms. The highest BCUT2D eigenvalue weighted by molar-refractivity contribution is 9.10. The molecule has 0 bridgehead atoms. The van der Waals surface area contributed by atoms with Crippen molar-refractivity contribution in [3.05, 3.63) is 40.1 Å². The van der Waals surface area contributed by atoms with Crippen LogP contribution in [0.1, 0.15) is 11.4 Å². The van der Waals surface area contributed by atoms with E-state index in [-0.39, 0.29) is 11.6 Å². The van der Waals surface area contributed by atoms with Crippen LogP contribution in [0.5, 0.6) is 0 Å². The van der Waals surface area contributed by atoms with Crippen molar-refractivity contribution in [1.29, 1.82) is 0 Å². The van der Waals surface area contributed by atoms with E-state index < -0.39 is 12.0 Å². The minimum Gasteiger partial charge on any atom is -0.340 e. The molecule has 21 heavy (non-hydrogen) atoms. The summed E-state index contributed by atoms with van der Waals surface area (Å²) in [5.41, 5.74) is 3.57. The first kappa shape index (κ1) is 15.5. The van der Waals surface area contributed by atoms with Crippen molar-refractivity contribution >= 4 is 33.3 Å². The standard InChI is InChI=1S/C12H11BrF3N5/c1-6-4-7(13)2-3-8(6)18-9-5-10(21-17)20-11(19-9)12(14,15)16/h2-5H,17H2,1H3,(H2,18,19,20,21). The van der Waals surface area contributed by atoms with Crippen LogP contribution in [0.2, 0.25) is 0 Å². The first-order valence-electron chi connectivity index (χ1n) is 5.75. The molecule has 0 saturated heterocycles. The normalized spacial score (nSPS) is 11.3. The number of aromatic nitrogens is 2. The second-order valence-corrected chi connectivity index (χ2v) is 5.10. The summed E-state index contributed by atoms with van der Waals surface area (Å²) in [5, 5.41) is 2.82. The van der Waals surface area contributed by atoms with E-state index >= 15 is 0 Å². The Bertz CT molecular complexity index is 660. The minimum absolute atomic E-state index is 0.00398. The molecule has 0 aliphatic carbocycles. The molecule has 0 atom stereocenters. The van der Waals surface area contributed by atoms with Gasteiger partial charge in [-0.15, -0.1) is 0 Å². The van der Waals surface area contributed by atoms with E-state index in [9.17, 15) is 13.2 Å². The molecule has 1 aromatic carbocycles. The van der Waals surface area contributed by atoms with Crippen molar-refractivity contribution in [2.75, 3.05) is 10.7 Å². The van der Waals surface area contributed by atoms with Crippen LogP contribution in [0.3, 0.4) is 0 Å². The van der Waals surface area contributed by atoms with E-state index in [2.05, 4.69) is 36.6 Å². The molecule has 0 saturated carbocycles. The van der Waals surface area contributed by atoms with Gasteiger partial charge in [-0.2, -0.15) is 13.2 Å². The van der Waals surface area contributed by atoms with Crippen LogP contribution in [-0.2, 0) is 6.18 Å². The van der Waals surface area contributed by atoms with Crippen LogP contribution in [0.4, 0.5) is 30.5 Å². The molecule has 0 amide bonds. The fourth-order valence-electron chi connectivity index (χ4n) is 1.62. The number of nitrogen functional groups attached to an aromatic ring is 1. The highest BCUT2D eigenvalue weighted by atomic mass is 79.9. The molecule has 1 heterocycles. The number of nitrogens with two attached hydrogens (primary N) is 1. The fourth-order valence-corrected chi connectivity index (χ4v) is 2.09. The molecule has 112 valence electrons. The number of hydrogen-bond acceptors (Lipinski definition) is 5. The molecule has 0 radical (unpaired) electrons. The Hall–Kier alpha value is -1.87. The Morgan fingerprint density at radius 2 is 1.81 bits per heavy atom. The summed E-state index contributed by atoms with van der Waals surface area (Å²) in [7, 11) is 0. The lowest BCUT2D eigenvalue weighted by Crippen LogP contribution is -2.16. The summed E-state index contributed by atoms with van der Waals surface area (Å²) in [4.78, 5) is 6.74. The Morgan fingerprint density at radius 3 is 2.38 bits per heavy atom. The zero-order valence-corrected chi connectivity index (χ0v) is 12.4. The van der Waals surface area contributed by atoms with E-state index in [0.29, 0.717) is 5.69 Å². The highest BCUT2D eigenvalue weighted by Crippen LogP contribution is 2.29. The van der Waals surface area contributed by atoms with E-state index in [4.69, 9.17) is 5.84 Å². The average Bonchev–Trinajstić information content (AvgIpc) is 2.40. The van der Waals surface area contributed by atoms with Gasteiger partial charge < -0.3 is 10.7 Å². The lowest BCUT2D eigenvalue weighted by Gasteiger charge is -2.13. The van der Waals surface area contributed by atoms with Crippen molar-refractivity contribution in [1.82, 2.24) is 9.97 Å². The Labute approximate surface area is 126 Å². The molecule has 0 fully saturated rings. The zero-order chi connectivity index (χ0) is 15.6. The van der Waals surface area contributed by atoms with E-state index in [1.54, 1.807) is 12.1 Å². The third kappa shape index (κ3) is 3.82. The molecule has 2 rings (SSSR count). The van der Waals surface area contributed by atoms with E-state index in [1.165, 1.54) is 6.07 Å². The summed E-state index contributed by atoms with van der Waals surface area (Å²) >= 11 is 3.31. The quantitative estimate of drug-likeness (QED) is 0.575. The molecule has 1 aromatic heterocycles. The third-order valence-electron chi connectivity index (χ3n) is 2.58. The average molecular weight is 362 g/mol. The van der Waals surface area contributed by atoms with Gasteiger partial charge in [-0.05, 0) is 30.7 Å². The largest absolute Gasteiger partial charge is 0.451 e. The summed E-state index contributed by atoms with van der Waals surface area (Å²) in [6.45, 7) is 1.82. The van der Waals surface area contributed by atoms with Crippen molar-refractivity contribution in [2.45, 2.75) is 13.1 Å². The first-order valence-corrected chi connectivity index (χ1v) is 6.55. The lowest BCUT2D eigenvalue weighted by molar-refractivity contribution is -0.144. The number of anilines is 3. The number of aryl methyl sites for hydroxylation is 1. The van der Waals surface area contributed by atoms with Crippen LogP contribution in [0.25, 0.3) is 0 Å². The second kappa shape index (κ2) is 5.86. The van der Waals surface area contributed by atoms with Crippen molar-refractivity contribution in [2.24, 2.45) is 5.84 Å². The van der Waals surface area contributed by atoms with Crippen LogP contribution in [-0.4, -0.2) is 9.97 Å². The monoisotopic (exact) mass is 361 g/mol. The van der Waals surface area contributed by atoms with Crippen LogP contribution >= 0.6 is 15.9 Å². The molecule has 2 aromatic rings. The van der Waals surface area contributed by atoms with Gasteiger partial charge in [0, 0.05) is 16.2 Å². The zero-order valence-electron chi connectivity index (χ0n) is 10.8. The van der Waals surface area contributed by atoms with Gasteiger partial charge in [0.15, 0.2) is 0 Å².